The van der Waals surface area contributed by atoms with Gasteiger partial charge in [-0.2, -0.15) is 0 Å². The molecule has 0 radical (unpaired) electrons. The van der Waals surface area contributed by atoms with Crippen molar-refractivity contribution in [3.05, 3.63) is 0 Å². The number of carbonyl (C=O) groups is 1. The van der Waals surface area contributed by atoms with Gasteiger partial charge in [0.15, 0.2) is 0 Å². The van der Waals surface area contributed by atoms with Gasteiger partial charge in [0.2, 0.25) is 5.91 Å². The molecule has 0 aromatic heterocycles. The number of nitrogens with one attached hydrogen (secondary N) is 1. The second kappa shape index (κ2) is 11.5. The van der Waals surface area contributed by atoms with Crippen LogP contribution in [0.3, 0.4) is 0 Å². The van der Waals surface area contributed by atoms with Crippen LogP contribution in [0.25, 0.3) is 0 Å². The molecule has 0 atom stereocenters. The molecule has 0 bridgehead atoms. The molecule has 1 N–H and O–H groups in total. The third-order valence-electron chi connectivity index (χ3n) is 1.46. The van der Waals surface area contributed by atoms with E-state index in [4.69, 9.17) is 0 Å². The molecular formula is C11H25NO. The van der Waals surface area contributed by atoms with Gasteiger partial charge in [-0.1, -0.05) is 41.0 Å². The van der Waals surface area contributed by atoms with E-state index in [1.807, 2.05) is 13.8 Å². The van der Waals surface area contributed by atoms with Crippen LogP contribution in [0.1, 0.15) is 53.9 Å². The Labute approximate surface area is 83.1 Å². The summed E-state index contributed by atoms with van der Waals surface area (Å²) in [5.74, 6) is 0.751. The number of unbranched alkanes of at least 4 members (excludes halogenated alkanes) is 1. The smallest absolute Gasteiger partial charge is 0.220 e. The van der Waals surface area contributed by atoms with Crippen molar-refractivity contribution >= 4 is 5.91 Å². The standard InChI is InChI=1S/C9H19NO.C2H6/c1-4-5-6-9(11)10-7-8(2)3;1-2/h8H,4-7H2,1-3H3,(H,10,11);1-2H3. The van der Waals surface area contributed by atoms with Crippen LogP contribution < -0.4 is 5.32 Å². The summed E-state index contributed by atoms with van der Waals surface area (Å²) in [6, 6.07) is 0. The normalized spacial score (nSPS) is 9.08. The van der Waals surface area contributed by atoms with Crippen LogP contribution in [0.2, 0.25) is 0 Å². The SMILES string of the molecule is CC.CCCCC(=O)NCC(C)C. The average Bonchev–Trinajstić information content (AvgIpc) is 2.14. The van der Waals surface area contributed by atoms with Crippen molar-refractivity contribution in [2.24, 2.45) is 5.92 Å². The quantitative estimate of drug-likeness (QED) is 0.704. The maximum Gasteiger partial charge on any atom is 0.220 e. The number of amides is 1. The molecule has 0 unspecified atom stereocenters. The zero-order valence-electron chi connectivity index (χ0n) is 9.81. The minimum Gasteiger partial charge on any atom is -0.356 e. The summed E-state index contributed by atoms with van der Waals surface area (Å²) in [4.78, 5) is 11.0. The van der Waals surface area contributed by atoms with Crippen LogP contribution in [0.4, 0.5) is 0 Å². The lowest BCUT2D eigenvalue weighted by Gasteiger charge is -2.06. The predicted octanol–water partition coefficient (Wildman–Crippen LogP) is 2.98. The summed E-state index contributed by atoms with van der Waals surface area (Å²) in [7, 11) is 0. The summed E-state index contributed by atoms with van der Waals surface area (Å²) < 4.78 is 0. The molecule has 0 aliphatic heterocycles. The average molecular weight is 187 g/mol. The zero-order chi connectivity index (χ0) is 10.7. The van der Waals surface area contributed by atoms with E-state index in [1.54, 1.807) is 0 Å². The highest BCUT2D eigenvalue weighted by Gasteiger charge is 1.99. The van der Waals surface area contributed by atoms with E-state index in [2.05, 4.69) is 26.1 Å². The maximum atomic E-state index is 11.0. The Kier molecular flexibility index (Phi) is 13.2. The molecule has 0 saturated carbocycles. The largest absolute Gasteiger partial charge is 0.356 e. The van der Waals surface area contributed by atoms with Crippen molar-refractivity contribution < 1.29 is 4.79 Å². The van der Waals surface area contributed by atoms with Gasteiger partial charge >= 0.3 is 0 Å². The van der Waals surface area contributed by atoms with Crippen LogP contribution in [0, 0.1) is 5.92 Å². The van der Waals surface area contributed by atoms with Gasteiger partial charge in [0, 0.05) is 13.0 Å². The zero-order valence-corrected chi connectivity index (χ0v) is 9.81. The molecule has 0 saturated heterocycles. The van der Waals surface area contributed by atoms with Gasteiger partial charge in [0.25, 0.3) is 0 Å². The lowest BCUT2D eigenvalue weighted by atomic mass is 10.2. The van der Waals surface area contributed by atoms with Crippen molar-refractivity contribution in [3.63, 3.8) is 0 Å². The van der Waals surface area contributed by atoms with Crippen LogP contribution in [-0.4, -0.2) is 12.5 Å². The van der Waals surface area contributed by atoms with Gasteiger partial charge in [-0.05, 0) is 12.3 Å². The van der Waals surface area contributed by atoms with E-state index in [0.717, 1.165) is 19.4 Å². The Morgan fingerprint density at radius 1 is 1.31 bits per heavy atom. The van der Waals surface area contributed by atoms with E-state index in [-0.39, 0.29) is 5.91 Å². The van der Waals surface area contributed by atoms with Crippen molar-refractivity contribution in [2.45, 2.75) is 53.9 Å². The minimum atomic E-state index is 0.195. The Morgan fingerprint density at radius 2 is 1.85 bits per heavy atom. The fourth-order valence-corrected chi connectivity index (χ4v) is 0.744. The highest BCUT2D eigenvalue weighted by atomic mass is 16.1. The molecule has 2 nitrogen and oxygen atoms in total. The fourth-order valence-electron chi connectivity index (χ4n) is 0.744. The van der Waals surface area contributed by atoms with Gasteiger partial charge in [-0.25, -0.2) is 0 Å². The molecule has 0 heterocycles. The Morgan fingerprint density at radius 3 is 2.23 bits per heavy atom. The minimum absolute atomic E-state index is 0.195. The van der Waals surface area contributed by atoms with Crippen molar-refractivity contribution in [3.8, 4) is 0 Å². The monoisotopic (exact) mass is 187 g/mol. The van der Waals surface area contributed by atoms with E-state index in [0.29, 0.717) is 12.3 Å². The predicted molar refractivity (Wildman–Crippen MR) is 58.7 cm³/mol. The molecule has 0 aromatic carbocycles. The van der Waals surface area contributed by atoms with Crippen molar-refractivity contribution in [2.75, 3.05) is 6.54 Å². The number of carbonyl (C=O) groups excluding carboxylic acids is 1. The van der Waals surface area contributed by atoms with Crippen LogP contribution in [-0.2, 0) is 4.79 Å². The first kappa shape index (κ1) is 15.0. The summed E-state index contributed by atoms with van der Waals surface area (Å²) in [6.45, 7) is 11.1. The number of hydrogen-bond acceptors (Lipinski definition) is 1. The van der Waals surface area contributed by atoms with Gasteiger partial charge in [0.05, 0.1) is 0 Å². The third kappa shape index (κ3) is 14.3. The molecule has 80 valence electrons. The maximum absolute atomic E-state index is 11.0. The van der Waals surface area contributed by atoms with Gasteiger partial charge < -0.3 is 5.32 Å². The Hall–Kier alpha value is -0.530. The van der Waals surface area contributed by atoms with E-state index >= 15 is 0 Å². The topological polar surface area (TPSA) is 29.1 Å². The second-order valence-corrected chi connectivity index (χ2v) is 3.30. The van der Waals surface area contributed by atoms with Crippen LogP contribution in [0.5, 0.6) is 0 Å². The van der Waals surface area contributed by atoms with E-state index in [9.17, 15) is 4.79 Å². The second-order valence-electron chi connectivity index (χ2n) is 3.30. The molecule has 0 fully saturated rings. The highest BCUT2D eigenvalue weighted by Crippen LogP contribution is 1.94. The molecule has 1 amide bonds. The first-order valence-electron chi connectivity index (χ1n) is 5.43. The lowest BCUT2D eigenvalue weighted by Crippen LogP contribution is -2.26. The van der Waals surface area contributed by atoms with Crippen LogP contribution >= 0.6 is 0 Å². The third-order valence-corrected chi connectivity index (χ3v) is 1.46. The van der Waals surface area contributed by atoms with Crippen LogP contribution in [0.15, 0.2) is 0 Å². The summed E-state index contributed by atoms with van der Waals surface area (Å²) in [6.07, 6.45) is 2.78. The first-order valence-corrected chi connectivity index (χ1v) is 5.43. The Bertz CT molecular complexity index is 111. The van der Waals surface area contributed by atoms with Crippen molar-refractivity contribution in [1.29, 1.82) is 0 Å². The van der Waals surface area contributed by atoms with Gasteiger partial charge in [-0.3, -0.25) is 4.79 Å². The van der Waals surface area contributed by atoms with E-state index < -0.39 is 0 Å². The first-order chi connectivity index (χ1) is 6.16. The van der Waals surface area contributed by atoms with Gasteiger partial charge in [0.1, 0.15) is 0 Å². The molecular weight excluding hydrogens is 162 g/mol. The summed E-state index contributed by atoms with van der Waals surface area (Å²) in [5.41, 5.74) is 0. The number of hydrogen-bond donors (Lipinski definition) is 1. The van der Waals surface area contributed by atoms with E-state index in [1.165, 1.54) is 0 Å². The molecule has 0 aromatic rings. The molecule has 0 rings (SSSR count). The molecule has 0 aliphatic carbocycles. The highest BCUT2D eigenvalue weighted by molar-refractivity contribution is 5.75. The number of rotatable bonds is 5. The summed E-state index contributed by atoms with van der Waals surface area (Å²) >= 11 is 0. The van der Waals surface area contributed by atoms with Crippen molar-refractivity contribution in [1.82, 2.24) is 5.32 Å². The fraction of sp³-hybridized carbons (Fsp3) is 0.909. The molecule has 2 heteroatoms. The molecule has 0 spiro atoms. The Balaban J connectivity index is 0. The van der Waals surface area contributed by atoms with Gasteiger partial charge in [-0.15, -0.1) is 0 Å². The molecule has 13 heavy (non-hydrogen) atoms. The lowest BCUT2D eigenvalue weighted by molar-refractivity contribution is -0.121. The molecule has 0 aliphatic rings. The summed E-state index contributed by atoms with van der Waals surface area (Å²) in [5, 5.41) is 2.88.